The van der Waals surface area contributed by atoms with Gasteiger partial charge in [-0.3, -0.25) is 0 Å². The molecule has 2 unspecified atom stereocenters. The molecule has 1 saturated heterocycles. The van der Waals surface area contributed by atoms with Gasteiger partial charge in [0.05, 0.1) is 16.8 Å². The molecule has 0 amide bonds. The second kappa shape index (κ2) is 6.59. The number of nitrogens with one attached hydrogen (secondary N) is 1. The minimum atomic E-state index is -3.12. The molecule has 5 heteroatoms. The SMILES string of the molecule is CCCS(=O)(=O)c1ccc(NC(C)C2CCCO2)cc1. The van der Waals surface area contributed by atoms with Crippen LogP contribution in [0, 0.1) is 0 Å². The fraction of sp³-hybridized carbons (Fsp3) is 0.600. The fourth-order valence-corrected chi connectivity index (χ4v) is 3.82. The van der Waals surface area contributed by atoms with E-state index in [1.54, 1.807) is 12.1 Å². The van der Waals surface area contributed by atoms with Crippen molar-refractivity contribution in [3.63, 3.8) is 0 Å². The highest BCUT2D eigenvalue weighted by Crippen LogP contribution is 2.21. The Morgan fingerprint density at radius 2 is 2.05 bits per heavy atom. The maximum Gasteiger partial charge on any atom is 0.178 e. The molecule has 1 aromatic rings. The van der Waals surface area contributed by atoms with Crippen LogP contribution in [0.15, 0.2) is 29.2 Å². The molecule has 0 spiro atoms. The summed E-state index contributed by atoms with van der Waals surface area (Å²) in [6.07, 6.45) is 3.08. The zero-order valence-electron chi connectivity index (χ0n) is 12.1. The third-order valence-electron chi connectivity index (χ3n) is 3.60. The lowest BCUT2D eigenvalue weighted by Gasteiger charge is -2.21. The van der Waals surface area contributed by atoms with Crippen LogP contribution < -0.4 is 5.32 Å². The van der Waals surface area contributed by atoms with E-state index >= 15 is 0 Å². The van der Waals surface area contributed by atoms with Crippen molar-refractivity contribution in [2.75, 3.05) is 17.7 Å². The first-order valence-electron chi connectivity index (χ1n) is 7.24. The Kier molecular flexibility index (Phi) is 5.05. The zero-order chi connectivity index (χ0) is 14.6. The number of hydrogen-bond donors (Lipinski definition) is 1. The standard InChI is InChI=1S/C15H23NO3S/c1-3-11-20(17,18)14-8-6-13(7-9-14)16-12(2)15-5-4-10-19-15/h6-9,12,15-16H,3-5,10-11H2,1-2H3. The summed E-state index contributed by atoms with van der Waals surface area (Å²) in [5, 5.41) is 3.37. The van der Waals surface area contributed by atoms with Crippen LogP contribution in [-0.2, 0) is 14.6 Å². The molecule has 1 fully saturated rings. The number of benzene rings is 1. The lowest BCUT2D eigenvalue weighted by Crippen LogP contribution is -2.29. The van der Waals surface area contributed by atoms with E-state index in [2.05, 4.69) is 12.2 Å². The van der Waals surface area contributed by atoms with Crippen LogP contribution >= 0.6 is 0 Å². The van der Waals surface area contributed by atoms with Crippen molar-refractivity contribution >= 4 is 15.5 Å². The Morgan fingerprint density at radius 1 is 1.35 bits per heavy atom. The third-order valence-corrected chi connectivity index (χ3v) is 5.54. The van der Waals surface area contributed by atoms with Gasteiger partial charge in [-0.15, -0.1) is 0 Å². The molecular formula is C15H23NO3S. The summed E-state index contributed by atoms with van der Waals surface area (Å²) in [5.41, 5.74) is 0.934. The van der Waals surface area contributed by atoms with Crippen molar-refractivity contribution in [3.8, 4) is 0 Å². The molecule has 1 heterocycles. The summed E-state index contributed by atoms with van der Waals surface area (Å²) in [7, 11) is -3.12. The van der Waals surface area contributed by atoms with E-state index in [1.807, 2.05) is 19.1 Å². The first-order chi connectivity index (χ1) is 9.53. The molecule has 4 nitrogen and oxygen atoms in total. The van der Waals surface area contributed by atoms with Gasteiger partial charge in [0.25, 0.3) is 0 Å². The summed E-state index contributed by atoms with van der Waals surface area (Å²) in [5.74, 6) is 0.200. The predicted octanol–water partition coefficient (Wildman–Crippen LogP) is 2.85. The Labute approximate surface area is 121 Å². The molecule has 112 valence electrons. The monoisotopic (exact) mass is 297 g/mol. The fourth-order valence-electron chi connectivity index (χ4n) is 2.50. The van der Waals surface area contributed by atoms with Gasteiger partial charge in [-0.1, -0.05) is 6.92 Å². The molecule has 1 aliphatic heterocycles. The van der Waals surface area contributed by atoms with Crippen molar-refractivity contribution in [1.82, 2.24) is 0 Å². The van der Waals surface area contributed by atoms with Crippen molar-refractivity contribution in [2.24, 2.45) is 0 Å². The van der Waals surface area contributed by atoms with Gasteiger partial charge in [0.2, 0.25) is 0 Å². The van der Waals surface area contributed by atoms with E-state index in [0.717, 1.165) is 25.1 Å². The molecule has 1 aromatic carbocycles. The van der Waals surface area contributed by atoms with Crippen LogP contribution in [0.4, 0.5) is 5.69 Å². The number of hydrogen-bond acceptors (Lipinski definition) is 4. The molecule has 20 heavy (non-hydrogen) atoms. The van der Waals surface area contributed by atoms with Crippen LogP contribution in [0.3, 0.4) is 0 Å². The van der Waals surface area contributed by atoms with Crippen molar-refractivity contribution in [1.29, 1.82) is 0 Å². The predicted molar refractivity (Wildman–Crippen MR) is 80.8 cm³/mol. The lowest BCUT2D eigenvalue weighted by molar-refractivity contribution is 0.0996. The molecule has 2 atom stereocenters. The quantitative estimate of drug-likeness (QED) is 0.877. The van der Waals surface area contributed by atoms with Gasteiger partial charge in [0.15, 0.2) is 9.84 Å². The average Bonchev–Trinajstić information content (AvgIpc) is 2.93. The topological polar surface area (TPSA) is 55.4 Å². The second-order valence-corrected chi connectivity index (χ2v) is 7.44. The van der Waals surface area contributed by atoms with Crippen LogP contribution in [-0.4, -0.2) is 32.9 Å². The van der Waals surface area contributed by atoms with Crippen molar-refractivity contribution in [3.05, 3.63) is 24.3 Å². The van der Waals surface area contributed by atoms with E-state index in [-0.39, 0.29) is 17.9 Å². The highest BCUT2D eigenvalue weighted by Gasteiger charge is 2.22. The van der Waals surface area contributed by atoms with Crippen LogP contribution in [0.2, 0.25) is 0 Å². The largest absolute Gasteiger partial charge is 0.380 e. The van der Waals surface area contributed by atoms with Crippen LogP contribution in [0.25, 0.3) is 0 Å². The Balaban J connectivity index is 2.01. The van der Waals surface area contributed by atoms with E-state index in [4.69, 9.17) is 4.74 Å². The molecule has 1 N–H and O–H groups in total. The molecule has 0 aromatic heterocycles. The Bertz CT molecular complexity index is 519. The number of ether oxygens (including phenoxy) is 1. The molecule has 0 saturated carbocycles. The first-order valence-corrected chi connectivity index (χ1v) is 8.89. The summed E-state index contributed by atoms with van der Waals surface area (Å²) < 4.78 is 29.5. The summed E-state index contributed by atoms with van der Waals surface area (Å²) >= 11 is 0. The number of rotatable bonds is 6. The summed E-state index contributed by atoms with van der Waals surface area (Å²) in [4.78, 5) is 0.398. The highest BCUT2D eigenvalue weighted by molar-refractivity contribution is 7.91. The Morgan fingerprint density at radius 3 is 2.60 bits per heavy atom. The van der Waals surface area contributed by atoms with E-state index in [9.17, 15) is 8.42 Å². The number of anilines is 1. The van der Waals surface area contributed by atoms with Gasteiger partial charge < -0.3 is 10.1 Å². The molecular weight excluding hydrogens is 274 g/mol. The lowest BCUT2D eigenvalue weighted by atomic mass is 10.1. The molecule has 0 radical (unpaired) electrons. The summed E-state index contributed by atoms with van der Waals surface area (Å²) in [6.45, 7) is 4.80. The van der Waals surface area contributed by atoms with E-state index in [0.29, 0.717) is 11.3 Å². The van der Waals surface area contributed by atoms with Crippen LogP contribution in [0.5, 0.6) is 0 Å². The maximum atomic E-state index is 11.9. The van der Waals surface area contributed by atoms with Gasteiger partial charge in [0, 0.05) is 18.3 Å². The zero-order valence-corrected chi connectivity index (χ0v) is 12.9. The van der Waals surface area contributed by atoms with Gasteiger partial charge in [0.1, 0.15) is 0 Å². The van der Waals surface area contributed by atoms with Gasteiger partial charge >= 0.3 is 0 Å². The normalized spacial score (nSPS) is 20.8. The minimum Gasteiger partial charge on any atom is -0.380 e. The Hall–Kier alpha value is -1.07. The maximum absolute atomic E-state index is 11.9. The van der Waals surface area contributed by atoms with E-state index < -0.39 is 9.84 Å². The minimum absolute atomic E-state index is 0.200. The average molecular weight is 297 g/mol. The van der Waals surface area contributed by atoms with E-state index in [1.165, 1.54) is 0 Å². The molecule has 1 aliphatic rings. The molecule has 2 rings (SSSR count). The smallest absolute Gasteiger partial charge is 0.178 e. The molecule has 0 aliphatic carbocycles. The van der Waals surface area contributed by atoms with Crippen LogP contribution in [0.1, 0.15) is 33.1 Å². The second-order valence-electron chi connectivity index (χ2n) is 5.33. The number of sulfone groups is 1. The van der Waals surface area contributed by atoms with Crippen molar-refractivity contribution in [2.45, 2.75) is 50.2 Å². The van der Waals surface area contributed by atoms with Gasteiger partial charge in [-0.25, -0.2) is 8.42 Å². The van der Waals surface area contributed by atoms with Crippen molar-refractivity contribution < 1.29 is 13.2 Å². The first kappa shape index (κ1) is 15.3. The highest BCUT2D eigenvalue weighted by atomic mass is 32.2. The van der Waals surface area contributed by atoms with Gasteiger partial charge in [-0.2, -0.15) is 0 Å². The third kappa shape index (κ3) is 3.73. The summed E-state index contributed by atoms with van der Waals surface area (Å²) in [6, 6.07) is 7.24. The molecule has 0 bridgehead atoms. The van der Waals surface area contributed by atoms with Gasteiger partial charge in [-0.05, 0) is 50.5 Å².